The van der Waals surface area contributed by atoms with Crippen molar-refractivity contribution in [1.29, 1.82) is 0 Å². The molecule has 0 saturated carbocycles. The van der Waals surface area contributed by atoms with E-state index in [0.29, 0.717) is 11.7 Å². The summed E-state index contributed by atoms with van der Waals surface area (Å²) in [5.74, 6) is 0.688. The molecule has 1 aromatic carbocycles. The molecule has 1 amide bonds. The van der Waals surface area contributed by atoms with Gasteiger partial charge in [0, 0.05) is 29.3 Å². The van der Waals surface area contributed by atoms with Crippen molar-refractivity contribution < 1.29 is 4.79 Å². The molecule has 9 heteroatoms. The molecule has 140 valence electrons. The first-order valence-electron chi connectivity index (χ1n) is 8.07. The summed E-state index contributed by atoms with van der Waals surface area (Å²) in [6.45, 7) is 4.57. The number of benzene rings is 1. The standard InChI is InChI=1S/C17H22ClN5OS2/c1-11-16(12(2)23(3)22-11)21-15(24)10-20-17(25)19-8-9-26-14-6-4-13(18)5-7-14/h4-7H,8-10H2,1-3H3,(H,21,24)(H2,19,20,25). The van der Waals surface area contributed by atoms with E-state index in [-0.39, 0.29) is 12.5 Å². The van der Waals surface area contributed by atoms with E-state index in [1.54, 1.807) is 16.4 Å². The van der Waals surface area contributed by atoms with Gasteiger partial charge in [-0.2, -0.15) is 5.10 Å². The van der Waals surface area contributed by atoms with E-state index in [2.05, 4.69) is 21.0 Å². The smallest absolute Gasteiger partial charge is 0.243 e. The number of amides is 1. The van der Waals surface area contributed by atoms with Crippen LogP contribution in [0.25, 0.3) is 0 Å². The first kappa shape index (κ1) is 20.5. The van der Waals surface area contributed by atoms with E-state index in [1.165, 1.54) is 0 Å². The lowest BCUT2D eigenvalue weighted by molar-refractivity contribution is -0.115. The van der Waals surface area contributed by atoms with Gasteiger partial charge in [0.1, 0.15) is 0 Å². The van der Waals surface area contributed by atoms with Crippen LogP contribution in [0.15, 0.2) is 29.2 Å². The Bertz CT molecular complexity index is 776. The van der Waals surface area contributed by atoms with Gasteiger partial charge in [-0.3, -0.25) is 9.48 Å². The number of nitrogens with zero attached hydrogens (tertiary/aromatic N) is 2. The monoisotopic (exact) mass is 411 g/mol. The van der Waals surface area contributed by atoms with Crippen LogP contribution in [-0.4, -0.2) is 39.6 Å². The van der Waals surface area contributed by atoms with Gasteiger partial charge in [0.15, 0.2) is 5.11 Å². The molecule has 0 unspecified atom stereocenters. The Balaban J connectivity index is 1.65. The van der Waals surface area contributed by atoms with Crippen LogP contribution in [-0.2, 0) is 11.8 Å². The molecule has 0 saturated heterocycles. The lowest BCUT2D eigenvalue weighted by Gasteiger charge is -2.11. The zero-order valence-corrected chi connectivity index (χ0v) is 17.3. The van der Waals surface area contributed by atoms with Gasteiger partial charge in [-0.25, -0.2) is 0 Å². The number of halogens is 1. The summed E-state index contributed by atoms with van der Waals surface area (Å²) in [7, 11) is 1.84. The maximum absolute atomic E-state index is 12.1. The fourth-order valence-corrected chi connectivity index (χ4v) is 3.29. The third-order valence-electron chi connectivity index (χ3n) is 3.65. The molecule has 0 aliphatic carbocycles. The number of thioether (sulfide) groups is 1. The van der Waals surface area contributed by atoms with Crippen molar-refractivity contribution in [1.82, 2.24) is 20.4 Å². The summed E-state index contributed by atoms with van der Waals surface area (Å²) < 4.78 is 1.74. The van der Waals surface area contributed by atoms with E-state index in [0.717, 1.165) is 32.7 Å². The number of nitrogens with one attached hydrogen (secondary N) is 3. The fourth-order valence-electron chi connectivity index (χ4n) is 2.23. The molecular weight excluding hydrogens is 390 g/mol. The minimum atomic E-state index is -0.163. The van der Waals surface area contributed by atoms with Crippen LogP contribution in [0.3, 0.4) is 0 Å². The van der Waals surface area contributed by atoms with Gasteiger partial charge in [0.25, 0.3) is 0 Å². The number of carbonyl (C=O) groups excluding carboxylic acids is 1. The van der Waals surface area contributed by atoms with Crippen LogP contribution in [0.4, 0.5) is 5.69 Å². The molecule has 0 atom stereocenters. The highest BCUT2D eigenvalue weighted by Gasteiger charge is 2.12. The Hall–Kier alpha value is -1.77. The maximum atomic E-state index is 12.1. The molecule has 26 heavy (non-hydrogen) atoms. The van der Waals surface area contributed by atoms with Gasteiger partial charge in [-0.05, 0) is 50.3 Å². The molecular formula is C17H22ClN5OS2. The number of aromatic nitrogens is 2. The molecule has 0 bridgehead atoms. The van der Waals surface area contributed by atoms with Crippen molar-refractivity contribution in [3.63, 3.8) is 0 Å². The van der Waals surface area contributed by atoms with Crippen molar-refractivity contribution in [2.75, 3.05) is 24.2 Å². The van der Waals surface area contributed by atoms with E-state index in [4.69, 9.17) is 23.8 Å². The molecule has 6 nitrogen and oxygen atoms in total. The van der Waals surface area contributed by atoms with Crippen LogP contribution in [0.2, 0.25) is 5.02 Å². The summed E-state index contributed by atoms with van der Waals surface area (Å²) in [6, 6.07) is 7.70. The van der Waals surface area contributed by atoms with Crippen LogP contribution < -0.4 is 16.0 Å². The normalized spacial score (nSPS) is 10.5. The van der Waals surface area contributed by atoms with E-state index >= 15 is 0 Å². The zero-order chi connectivity index (χ0) is 19.1. The zero-order valence-electron chi connectivity index (χ0n) is 14.9. The molecule has 2 rings (SSSR count). The highest BCUT2D eigenvalue weighted by molar-refractivity contribution is 7.99. The number of thiocarbonyl (C=S) groups is 1. The minimum Gasteiger partial charge on any atom is -0.362 e. The quantitative estimate of drug-likeness (QED) is 0.369. The Labute approximate surface area is 168 Å². The van der Waals surface area contributed by atoms with Crippen molar-refractivity contribution >= 4 is 52.3 Å². The molecule has 1 heterocycles. The van der Waals surface area contributed by atoms with Gasteiger partial charge in [0.05, 0.1) is 23.6 Å². The van der Waals surface area contributed by atoms with Gasteiger partial charge in [0.2, 0.25) is 5.91 Å². The highest BCUT2D eigenvalue weighted by Crippen LogP contribution is 2.19. The summed E-state index contributed by atoms with van der Waals surface area (Å²) in [4.78, 5) is 13.2. The SMILES string of the molecule is Cc1nn(C)c(C)c1NC(=O)CNC(=S)NCCSc1ccc(Cl)cc1. The Kier molecular flexibility index (Phi) is 7.74. The van der Waals surface area contributed by atoms with E-state index in [1.807, 2.05) is 45.2 Å². The summed E-state index contributed by atoms with van der Waals surface area (Å²) in [5.41, 5.74) is 2.45. The molecule has 0 fully saturated rings. The third kappa shape index (κ3) is 6.19. The predicted molar refractivity (Wildman–Crippen MR) is 112 cm³/mol. The van der Waals surface area contributed by atoms with Crippen LogP contribution in [0.1, 0.15) is 11.4 Å². The highest BCUT2D eigenvalue weighted by atomic mass is 35.5. The number of aryl methyl sites for hydroxylation is 2. The molecule has 0 aliphatic heterocycles. The van der Waals surface area contributed by atoms with Crippen LogP contribution >= 0.6 is 35.6 Å². The lowest BCUT2D eigenvalue weighted by Crippen LogP contribution is -2.40. The second-order valence-corrected chi connectivity index (χ2v) is 7.64. The Morgan fingerprint density at radius 2 is 1.96 bits per heavy atom. The molecule has 2 aromatic rings. The second-order valence-electron chi connectivity index (χ2n) is 5.63. The van der Waals surface area contributed by atoms with E-state index in [9.17, 15) is 4.79 Å². The van der Waals surface area contributed by atoms with Crippen molar-refractivity contribution in [2.24, 2.45) is 7.05 Å². The molecule has 1 aromatic heterocycles. The van der Waals surface area contributed by atoms with Crippen LogP contribution in [0, 0.1) is 13.8 Å². The minimum absolute atomic E-state index is 0.101. The molecule has 3 N–H and O–H groups in total. The van der Waals surface area contributed by atoms with E-state index < -0.39 is 0 Å². The van der Waals surface area contributed by atoms with Crippen molar-refractivity contribution in [3.8, 4) is 0 Å². The first-order chi connectivity index (χ1) is 12.4. The maximum Gasteiger partial charge on any atom is 0.243 e. The number of carbonyl (C=O) groups is 1. The first-order valence-corrected chi connectivity index (χ1v) is 9.84. The molecule has 0 aliphatic rings. The van der Waals surface area contributed by atoms with Gasteiger partial charge >= 0.3 is 0 Å². The summed E-state index contributed by atoms with van der Waals surface area (Å²) >= 11 is 12.8. The number of hydrogen-bond acceptors (Lipinski definition) is 4. The van der Waals surface area contributed by atoms with Gasteiger partial charge in [-0.1, -0.05) is 11.6 Å². The van der Waals surface area contributed by atoms with Crippen molar-refractivity contribution in [2.45, 2.75) is 18.7 Å². The fraction of sp³-hybridized carbons (Fsp3) is 0.353. The average Bonchev–Trinajstić information content (AvgIpc) is 2.84. The topological polar surface area (TPSA) is 71.0 Å². The van der Waals surface area contributed by atoms with Crippen molar-refractivity contribution in [3.05, 3.63) is 40.7 Å². The summed E-state index contributed by atoms with van der Waals surface area (Å²) in [5, 5.41) is 14.3. The third-order valence-corrected chi connectivity index (χ3v) is 5.21. The van der Waals surface area contributed by atoms with Crippen LogP contribution in [0.5, 0.6) is 0 Å². The number of rotatable bonds is 7. The average molecular weight is 412 g/mol. The number of hydrogen-bond donors (Lipinski definition) is 3. The predicted octanol–water partition coefficient (Wildman–Crippen LogP) is 2.89. The second kappa shape index (κ2) is 9.80. The Morgan fingerprint density at radius 3 is 2.58 bits per heavy atom. The van der Waals surface area contributed by atoms with Gasteiger partial charge in [-0.15, -0.1) is 11.8 Å². The van der Waals surface area contributed by atoms with Gasteiger partial charge < -0.3 is 16.0 Å². The largest absolute Gasteiger partial charge is 0.362 e. The lowest BCUT2D eigenvalue weighted by atomic mass is 10.3. The summed E-state index contributed by atoms with van der Waals surface area (Å²) in [6.07, 6.45) is 0. The Morgan fingerprint density at radius 1 is 1.27 bits per heavy atom. The molecule has 0 spiro atoms. The number of anilines is 1. The molecule has 0 radical (unpaired) electrons.